The number of benzene rings is 2. The van der Waals surface area contributed by atoms with Crippen molar-refractivity contribution in [2.45, 2.75) is 45.8 Å². The fourth-order valence-corrected chi connectivity index (χ4v) is 3.66. The number of nitrogens with one attached hydrogen (secondary N) is 1. The Morgan fingerprint density at radius 1 is 1.03 bits per heavy atom. The molecule has 4 rings (SSSR count). The third-order valence-electron chi connectivity index (χ3n) is 5.41. The summed E-state index contributed by atoms with van der Waals surface area (Å²) in [5.41, 5.74) is 4.76. The van der Waals surface area contributed by atoms with Crippen LogP contribution in [0.5, 0.6) is 0 Å². The molecule has 0 amide bonds. The Morgan fingerprint density at radius 2 is 1.83 bits per heavy atom. The van der Waals surface area contributed by atoms with Crippen molar-refractivity contribution >= 4 is 17.5 Å². The van der Waals surface area contributed by atoms with Gasteiger partial charge in [0, 0.05) is 30.5 Å². The van der Waals surface area contributed by atoms with Gasteiger partial charge in [-0.1, -0.05) is 43.3 Å². The van der Waals surface area contributed by atoms with Gasteiger partial charge in [-0.05, 0) is 55.5 Å². The van der Waals surface area contributed by atoms with E-state index in [0.717, 1.165) is 48.7 Å². The molecule has 0 fully saturated rings. The molecule has 0 radical (unpaired) electrons. The number of rotatable bonds is 5. The summed E-state index contributed by atoms with van der Waals surface area (Å²) in [6, 6.07) is 18.4. The molecule has 2 heterocycles. The molecular weight excluding hydrogens is 360 g/mol. The molecule has 0 saturated carbocycles. The molecule has 2 N–H and O–H groups in total. The summed E-state index contributed by atoms with van der Waals surface area (Å²) in [5.74, 6) is 1.58. The number of hydrogen-bond donors (Lipinski definition) is 2. The van der Waals surface area contributed by atoms with Gasteiger partial charge in [0.25, 0.3) is 0 Å². The lowest BCUT2D eigenvalue weighted by Crippen LogP contribution is -2.32. The maximum Gasteiger partial charge on any atom is 0.229 e. The molecule has 0 bridgehead atoms. The first kappa shape index (κ1) is 19.4. The maximum absolute atomic E-state index is 10.3. The van der Waals surface area contributed by atoms with E-state index in [2.05, 4.69) is 40.3 Å². The Bertz CT molecular complexity index is 996. The van der Waals surface area contributed by atoms with Gasteiger partial charge in [0.05, 0.1) is 5.60 Å². The lowest BCUT2D eigenvalue weighted by Gasteiger charge is -2.31. The molecular formula is C24H28N4O. The minimum Gasteiger partial charge on any atom is -0.386 e. The summed E-state index contributed by atoms with van der Waals surface area (Å²) >= 11 is 0. The van der Waals surface area contributed by atoms with Crippen LogP contribution in [0.4, 0.5) is 17.5 Å². The number of para-hydroxylation sites is 1. The number of aryl methyl sites for hydroxylation is 1. The van der Waals surface area contributed by atoms with Gasteiger partial charge in [-0.25, -0.2) is 4.98 Å². The topological polar surface area (TPSA) is 61.3 Å². The Labute approximate surface area is 172 Å². The van der Waals surface area contributed by atoms with Gasteiger partial charge >= 0.3 is 0 Å². The molecule has 1 aliphatic rings. The van der Waals surface area contributed by atoms with Gasteiger partial charge in [0.1, 0.15) is 5.82 Å². The summed E-state index contributed by atoms with van der Waals surface area (Å²) in [7, 11) is 0. The monoisotopic (exact) mass is 388 g/mol. The zero-order valence-electron chi connectivity index (χ0n) is 17.3. The summed E-state index contributed by atoms with van der Waals surface area (Å²) in [6.45, 7) is 7.48. The summed E-state index contributed by atoms with van der Waals surface area (Å²) in [5, 5.41) is 13.6. The zero-order chi connectivity index (χ0) is 20.4. The second-order valence-corrected chi connectivity index (χ2v) is 8.10. The highest BCUT2D eigenvalue weighted by atomic mass is 16.3. The number of anilines is 3. The Kier molecular flexibility index (Phi) is 5.24. The maximum atomic E-state index is 10.3. The fraction of sp³-hybridized carbons (Fsp3) is 0.333. The molecule has 0 saturated heterocycles. The van der Waals surface area contributed by atoms with E-state index < -0.39 is 5.60 Å². The molecule has 0 aliphatic carbocycles. The molecule has 0 unspecified atom stereocenters. The van der Waals surface area contributed by atoms with Crippen molar-refractivity contribution in [1.29, 1.82) is 0 Å². The normalized spacial score (nSPS) is 13.9. The molecule has 0 spiro atoms. The van der Waals surface area contributed by atoms with Crippen LogP contribution in [0.25, 0.3) is 0 Å². The molecule has 29 heavy (non-hydrogen) atoms. The van der Waals surface area contributed by atoms with Gasteiger partial charge < -0.3 is 15.3 Å². The number of aromatic nitrogens is 2. The van der Waals surface area contributed by atoms with Gasteiger partial charge in [-0.15, -0.1) is 0 Å². The molecule has 5 heteroatoms. The lowest BCUT2D eigenvalue weighted by atomic mass is 9.91. The van der Waals surface area contributed by atoms with Crippen molar-refractivity contribution in [2.75, 3.05) is 16.8 Å². The highest BCUT2D eigenvalue weighted by molar-refractivity contribution is 5.56. The van der Waals surface area contributed by atoms with E-state index in [1.807, 2.05) is 50.2 Å². The Balaban J connectivity index is 1.59. The zero-order valence-corrected chi connectivity index (χ0v) is 17.3. The van der Waals surface area contributed by atoms with E-state index in [0.29, 0.717) is 5.95 Å². The van der Waals surface area contributed by atoms with Crippen LogP contribution in [0.15, 0.2) is 54.6 Å². The van der Waals surface area contributed by atoms with Crippen molar-refractivity contribution in [2.24, 2.45) is 0 Å². The van der Waals surface area contributed by atoms with Crippen LogP contribution < -0.4 is 10.2 Å². The van der Waals surface area contributed by atoms with E-state index in [1.165, 1.54) is 11.1 Å². The SMILES string of the molecule is CCc1cc(N2CCc3cc(C(C)(C)O)ccc3C2)nc(Nc2ccccc2)n1. The molecule has 1 aromatic heterocycles. The predicted molar refractivity (Wildman–Crippen MR) is 118 cm³/mol. The molecule has 1 aliphatic heterocycles. The van der Waals surface area contributed by atoms with Crippen LogP contribution in [-0.2, 0) is 25.0 Å². The minimum atomic E-state index is -0.813. The predicted octanol–water partition coefficient (Wildman–Crippen LogP) is 4.57. The average molecular weight is 389 g/mol. The molecule has 5 nitrogen and oxygen atoms in total. The van der Waals surface area contributed by atoms with Crippen molar-refractivity contribution in [3.63, 3.8) is 0 Å². The fourth-order valence-electron chi connectivity index (χ4n) is 3.66. The van der Waals surface area contributed by atoms with E-state index in [9.17, 15) is 5.11 Å². The highest BCUT2D eigenvalue weighted by Gasteiger charge is 2.22. The van der Waals surface area contributed by atoms with Gasteiger partial charge in [-0.3, -0.25) is 0 Å². The quantitative estimate of drug-likeness (QED) is 0.670. The summed E-state index contributed by atoms with van der Waals surface area (Å²) in [6.07, 6.45) is 1.80. The van der Waals surface area contributed by atoms with Crippen molar-refractivity contribution in [3.8, 4) is 0 Å². The number of nitrogens with zero attached hydrogens (tertiary/aromatic N) is 3. The third-order valence-corrected chi connectivity index (χ3v) is 5.41. The van der Waals surface area contributed by atoms with E-state index >= 15 is 0 Å². The summed E-state index contributed by atoms with van der Waals surface area (Å²) in [4.78, 5) is 11.8. The van der Waals surface area contributed by atoms with Crippen molar-refractivity contribution < 1.29 is 5.11 Å². The van der Waals surface area contributed by atoms with Crippen molar-refractivity contribution in [1.82, 2.24) is 9.97 Å². The van der Waals surface area contributed by atoms with Crippen molar-refractivity contribution in [3.05, 3.63) is 77.0 Å². The van der Waals surface area contributed by atoms with Crippen LogP contribution in [0, 0.1) is 0 Å². The number of aliphatic hydroxyl groups is 1. The van der Waals surface area contributed by atoms with Gasteiger partial charge in [0.2, 0.25) is 5.95 Å². The van der Waals surface area contributed by atoms with E-state index in [-0.39, 0.29) is 0 Å². The standard InChI is InChI=1S/C24H28N4O/c1-4-20-15-22(27-23(25-20)26-21-8-6-5-7-9-21)28-13-12-17-14-19(24(2,3)29)11-10-18(17)16-28/h5-11,14-15,29H,4,12-13,16H2,1-3H3,(H,25,26,27). The first-order valence-electron chi connectivity index (χ1n) is 10.2. The van der Waals surface area contributed by atoms with Crippen LogP contribution in [0.1, 0.15) is 43.2 Å². The number of fused-ring (bicyclic) bond motifs is 1. The molecule has 3 aromatic rings. The molecule has 0 atom stereocenters. The number of hydrogen-bond acceptors (Lipinski definition) is 5. The minimum absolute atomic E-state index is 0.633. The first-order chi connectivity index (χ1) is 13.9. The second-order valence-electron chi connectivity index (χ2n) is 8.10. The van der Waals surface area contributed by atoms with Crippen LogP contribution in [0.3, 0.4) is 0 Å². The van der Waals surface area contributed by atoms with Crippen LogP contribution in [0.2, 0.25) is 0 Å². The van der Waals surface area contributed by atoms with Gasteiger partial charge in [0.15, 0.2) is 0 Å². The summed E-state index contributed by atoms with van der Waals surface area (Å²) < 4.78 is 0. The second kappa shape index (κ2) is 7.84. The van der Waals surface area contributed by atoms with Crippen LogP contribution >= 0.6 is 0 Å². The molecule has 2 aromatic carbocycles. The highest BCUT2D eigenvalue weighted by Crippen LogP contribution is 2.29. The Hall–Kier alpha value is -2.92. The van der Waals surface area contributed by atoms with E-state index in [1.54, 1.807) is 0 Å². The van der Waals surface area contributed by atoms with E-state index in [4.69, 9.17) is 4.98 Å². The first-order valence-corrected chi connectivity index (χ1v) is 10.2. The largest absolute Gasteiger partial charge is 0.386 e. The lowest BCUT2D eigenvalue weighted by molar-refractivity contribution is 0.0785. The third kappa shape index (κ3) is 4.40. The molecule has 150 valence electrons. The van der Waals surface area contributed by atoms with Crippen LogP contribution in [-0.4, -0.2) is 21.6 Å². The van der Waals surface area contributed by atoms with Gasteiger partial charge in [-0.2, -0.15) is 4.98 Å². The smallest absolute Gasteiger partial charge is 0.229 e. The Morgan fingerprint density at radius 3 is 2.55 bits per heavy atom. The average Bonchev–Trinajstić information content (AvgIpc) is 2.72.